The van der Waals surface area contributed by atoms with E-state index in [1.165, 1.54) is 148 Å². The Morgan fingerprint density at radius 1 is 0.492 bits per heavy atom. The molecule has 0 aromatic carbocycles. The van der Waals surface area contributed by atoms with Gasteiger partial charge in [0, 0.05) is 19.3 Å². The third-order valence-corrected chi connectivity index (χ3v) is 11.5. The highest BCUT2D eigenvalue weighted by Gasteiger charge is 2.31. The molecule has 0 aromatic rings. The SMILES string of the molecule is CCCCC/C=C/C/C=C/C/C=C/CCCCCCCCCCCC(=O)OCC(COCCC(C(=O)O)[N+](C)(C)C)OC(=O)CCCCCCCCCCCCCCCCC. The first-order valence-electron chi connectivity index (χ1n) is 25.5. The fourth-order valence-electron chi connectivity index (χ4n) is 7.57. The maximum Gasteiger partial charge on any atom is 0.362 e. The number of rotatable bonds is 46. The van der Waals surface area contributed by atoms with Crippen LogP contribution in [0.3, 0.4) is 0 Å². The highest BCUT2D eigenvalue weighted by Crippen LogP contribution is 2.16. The Balaban J connectivity index is 4.22. The molecule has 356 valence electrons. The first-order valence-corrected chi connectivity index (χ1v) is 25.5. The largest absolute Gasteiger partial charge is 0.477 e. The van der Waals surface area contributed by atoms with E-state index in [-0.39, 0.29) is 36.2 Å². The minimum absolute atomic E-state index is 0.0505. The maximum atomic E-state index is 12.8. The lowest BCUT2D eigenvalue weighted by Crippen LogP contribution is -2.50. The minimum atomic E-state index is -0.873. The summed E-state index contributed by atoms with van der Waals surface area (Å²) in [6.45, 7) is 4.73. The van der Waals surface area contributed by atoms with Crippen LogP contribution in [0.25, 0.3) is 0 Å². The number of carboxylic acid groups (broad SMARTS) is 1. The number of carboxylic acids is 1. The molecule has 0 saturated carbocycles. The van der Waals surface area contributed by atoms with Gasteiger partial charge in [0.1, 0.15) is 6.61 Å². The molecule has 0 aliphatic carbocycles. The molecule has 0 spiro atoms. The Morgan fingerprint density at radius 2 is 0.869 bits per heavy atom. The first kappa shape index (κ1) is 58.6. The predicted octanol–water partition coefficient (Wildman–Crippen LogP) is 14.6. The number of carbonyl (C=O) groups is 3. The quantitative estimate of drug-likeness (QED) is 0.0282. The normalized spacial score (nSPS) is 13.1. The van der Waals surface area contributed by atoms with E-state index in [1.807, 2.05) is 21.1 Å². The lowest BCUT2D eigenvalue weighted by molar-refractivity contribution is -0.887. The van der Waals surface area contributed by atoms with Crippen LogP contribution in [0, 0.1) is 0 Å². The Hall–Kier alpha value is -2.45. The number of esters is 2. The average molecular weight is 861 g/mol. The third-order valence-electron chi connectivity index (χ3n) is 11.5. The van der Waals surface area contributed by atoms with Gasteiger partial charge in [-0.3, -0.25) is 9.59 Å². The van der Waals surface area contributed by atoms with E-state index in [1.54, 1.807) is 0 Å². The van der Waals surface area contributed by atoms with E-state index in [2.05, 4.69) is 50.3 Å². The number of allylic oxidation sites excluding steroid dienone is 6. The van der Waals surface area contributed by atoms with Crippen molar-refractivity contribution in [2.24, 2.45) is 0 Å². The van der Waals surface area contributed by atoms with Gasteiger partial charge in [-0.15, -0.1) is 0 Å². The number of hydrogen-bond acceptors (Lipinski definition) is 6. The average Bonchev–Trinajstić information content (AvgIpc) is 3.22. The zero-order valence-electron chi connectivity index (χ0n) is 40.6. The molecular formula is C53H98NO7+. The van der Waals surface area contributed by atoms with E-state index < -0.39 is 18.1 Å². The molecule has 1 N–H and O–H groups in total. The summed E-state index contributed by atoms with van der Waals surface area (Å²) in [5.41, 5.74) is 0. The molecule has 0 saturated heterocycles. The second-order valence-electron chi connectivity index (χ2n) is 18.4. The molecule has 8 nitrogen and oxygen atoms in total. The second-order valence-corrected chi connectivity index (χ2v) is 18.4. The Labute approximate surface area is 376 Å². The van der Waals surface area contributed by atoms with Gasteiger partial charge in [-0.25, -0.2) is 4.79 Å². The van der Waals surface area contributed by atoms with E-state index >= 15 is 0 Å². The molecule has 0 amide bonds. The second kappa shape index (κ2) is 44.2. The number of likely N-dealkylation sites (N-methyl/N-ethyl adjacent to an activating group) is 1. The molecule has 0 heterocycles. The first-order chi connectivity index (χ1) is 29.6. The molecule has 0 fully saturated rings. The van der Waals surface area contributed by atoms with Gasteiger partial charge in [0.25, 0.3) is 0 Å². The number of aliphatic carboxylic acids is 1. The number of nitrogens with zero attached hydrogens (tertiary/aromatic N) is 1. The molecule has 0 aliphatic rings. The van der Waals surface area contributed by atoms with E-state index in [0.717, 1.165) is 51.4 Å². The van der Waals surface area contributed by atoms with Gasteiger partial charge in [-0.2, -0.15) is 0 Å². The molecule has 2 unspecified atom stereocenters. The highest BCUT2D eigenvalue weighted by molar-refractivity contribution is 5.72. The van der Waals surface area contributed by atoms with Crippen LogP contribution < -0.4 is 0 Å². The van der Waals surface area contributed by atoms with Crippen LogP contribution >= 0.6 is 0 Å². The summed E-state index contributed by atoms with van der Waals surface area (Å²) < 4.78 is 17.4. The number of ether oxygens (including phenoxy) is 3. The molecule has 61 heavy (non-hydrogen) atoms. The van der Waals surface area contributed by atoms with Crippen molar-refractivity contribution in [2.75, 3.05) is 41.0 Å². The van der Waals surface area contributed by atoms with Crippen molar-refractivity contribution in [2.45, 2.75) is 244 Å². The number of carbonyl (C=O) groups excluding carboxylic acids is 2. The topological polar surface area (TPSA) is 99.1 Å². The summed E-state index contributed by atoms with van der Waals surface area (Å²) in [5.74, 6) is -1.46. The van der Waals surface area contributed by atoms with Gasteiger partial charge in [0.15, 0.2) is 12.1 Å². The smallest absolute Gasteiger partial charge is 0.362 e. The summed E-state index contributed by atoms with van der Waals surface area (Å²) in [7, 11) is 5.54. The van der Waals surface area contributed by atoms with Crippen molar-refractivity contribution in [1.82, 2.24) is 0 Å². The fourth-order valence-corrected chi connectivity index (χ4v) is 7.57. The molecule has 0 radical (unpaired) electrons. The predicted molar refractivity (Wildman–Crippen MR) is 257 cm³/mol. The molecule has 0 aromatic heterocycles. The van der Waals surface area contributed by atoms with Gasteiger partial charge in [0.2, 0.25) is 0 Å². The van der Waals surface area contributed by atoms with Crippen molar-refractivity contribution < 1.29 is 38.2 Å². The van der Waals surface area contributed by atoms with Gasteiger partial charge in [0.05, 0.1) is 34.4 Å². The van der Waals surface area contributed by atoms with Gasteiger partial charge >= 0.3 is 17.9 Å². The van der Waals surface area contributed by atoms with Crippen molar-refractivity contribution in [3.63, 3.8) is 0 Å². The molecule has 2 atom stereocenters. The standard InChI is InChI=1S/C53H97NO7/c1-6-8-10-12-14-16-18-20-22-23-24-25-26-27-28-30-31-33-35-37-39-41-43-51(55)60-48-49(47-59-46-45-50(53(57)58)54(3,4)5)61-52(56)44-42-40-38-36-34-32-29-21-19-17-15-13-11-9-7-2/h14,16,20,22,24-25,49-50H,6-13,15,17-19,21,23,26-48H2,1-5H3/p+1/b16-14+,22-20+,25-24+. The van der Waals surface area contributed by atoms with E-state index in [9.17, 15) is 19.5 Å². The van der Waals surface area contributed by atoms with Crippen LogP contribution in [-0.4, -0.2) is 80.6 Å². The van der Waals surface area contributed by atoms with Crippen molar-refractivity contribution in [1.29, 1.82) is 0 Å². The zero-order valence-corrected chi connectivity index (χ0v) is 40.6. The number of hydrogen-bond donors (Lipinski definition) is 1. The van der Waals surface area contributed by atoms with Crippen LogP contribution in [0.4, 0.5) is 0 Å². The summed E-state index contributed by atoms with van der Waals surface area (Å²) in [5, 5.41) is 9.65. The third kappa shape index (κ3) is 42.6. The lowest BCUT2D eigenvalue weighted by atomic mass is 10.0. The number of quaternary nitrogens is 1. The molecule has 8 heteroatoms. The summed E-state index contributed by atoms with van der Waals surface area (Å²) in [4.78, 5) is 37.1. The van der Waals surface area contributed by atoms with Crippen LogP contribution in [0.2, 0.25) is 0 Å². The molecule has 0 aliphatic heterocycles. The maximum absolute atomic E-state index is 12.8. The van der Waals surface area contributed by atoms with Gasteiger partial charge < -0.3 is 23.8 Å². The Kier molecular flexibility index (Phi) is 42.4. The minimum Gasteiger partial charge on any atom is -0.477 e. The van der Waals surface area contributed by atoms with Crippen molar-refractivity contribution in [3.8, 4) is 0 Å². The summed E-state index contributed by atoms with van der Waals surface area (Å²) >= 11 is 0. The van der Waals surface area contributed by atoms with Crippen LogP contribution in [0.5, 0.6) is 0 Å². The summed E-state index contributed by atoms with van der Waals surface area (Å²) in [6, 6.07) is -0.614. The van der Waals surface area contributed by atoms with Crippen LogP contribution in [0.1, 0.15) is 232 Å². The summed E-state index contributed by atoms with van der Waals surface area (Å²) in [6.07, 6.45) is 51.8. The number of unbranched alkanes of at least 4 members (excludes halogenated alkanes) is 26. The van der Waals surface area contributed by atoms with E-state index in [4.69, 9.17) is 14.2 Å². The van der Waals surface area contributed by atoms with Gasteiger partial charge in [-0.1, -0.05) is 198 Å². The van der Waals surface area contributed by atoms with Crippen molar-refractivity contribution >= 4 is 17.9 Å². The fraction of sp³-hybridized carbons (Fsp3) is 0.830. The van der Waals surface area contributed by atoms with Gasteiger partial charge in [-0.05, 0) is 51.4 Å². The van der Waals surface area contributed by atoms with Crippen LogP contribution in [0.15, 0.2) is 36.5 Å². The molecular weight excluding hydrogens is 763 g/mol. The molecule has 0 rings (SSSR count). The molecule has 0 bridgehead atoms. The Bertz CT molecular complexity index is 1090. The van der Waals surface area contributed by atoms with E-state index in [0.29, 0.717) is 19.3 Å². The zero-order chi connectivity index (χ0) is 44.9. The monoisotopic (exact) mass is 861 g/mol. The van der Waals surface area contributed by atoms with Crippen molar-refractivity contribution in [3.05, 3.63) is 36.5 Å². The Morgan fingerprint density at radius 3 is 1.31 bits per heavy atom. The lowest BCUT2D eigenvalue weighted by Gasteiger charge is -2.31. The highest BCUT2D eigenvalue weighted by atomic mass is 16.6. The van der Waals surface area contributed by atoms with Crippen LogP contribution in [-0.2, 0) is 28.6 Å².